The minimum Gasteiger partial charge on any atom is -0.483 e. The largest absolute Gasteiger partial charge is 0.483 e. The summed E-state index contributed by atoms with van der Waals surface area (Å²) in [6.45, 7) is 5.56. The summed E-state index contributed by atoms with van der Waals surface area (Å²) in [4.78, 5) is 16.4. The second kappa shape index (κ2) is 8.75. The van der Waals surface area contributed by atoms with Crippen molar-refractivity contribution < 1.29 is 17.9 Å². The summed E-state index contributed by atoms with van der Waals surface area (Å²) in [6, 6.07) is 15.0. The fourth-order valence-corrected chi connectivity index (χ4v) is 4.79. The Morgan fingerprint density at radius 2 is 1.90 bits per heavy atom. The molecule has 29 heavy (non-hydrogen) atoms. The topological polar surface area (TPSA) is 85.4 Å². The van der Waals surface area contributed by atoms with Gasteiger partial charge in [0.2, 0.25) is 0 Å². The molecule has 152 valence electrons. The lowest BCUT2D eigenvalue weighted by Crippen LogP contribution is -2.34. The molecule has 6 nitrogen and oxygen atoms in total. The van der Waals surface area contributed by atoms with Gasteiger partial charge in [-0.25, -0.2) is 9.71 Å². The maximum Gasteiger partial charge on any atom is 0.282 e. The van der Waals surface area contributed by atoms with Gasteiger partial charge in [-0.1, -0.05) is 56.3 Å². The number of nitrogens with one attached hydrogen (secondary N) is 1. The van der Waals surface area contributed by atoms with Crippen LogP contribution in [0.15, 0.2) is 58.9 Å². The predicted octanol–water partition coefficient (Wildman–Crippen LogP) is 4.13. The quantitative estimate of drug-likeness (QED) is 0.609. The minimum absolute atomic E-state index is 0.187. The first kappa shape index (κ1) is 21.0. The van der Waals surface area contributed by atoms with Crippen LogP contribution >= 0.6 is 11.3 Å². The third-order valence-corrected chi connectivity index (χ3v) is 6.47. The van der Waals surface area contributed by atoms with Crippen molar-refractivity contribution in [3.05, 3.63) is 65.0 Å². The summed E-state index contributed by atoms with van der Waals surface area (Å²) < 4.78 is 32.6. The average Bonchev–Trinajstić information content (AvgIpc) is 3.18. The van der Waals surface area contributed by atoms with E-state index in [1.165, 1.54) is 16.7 Å². The number of rotatable bonds is 7. The summed E-state index contributed by atoms with van der Waals surface area (Å²) >= 11 is 1.20. The number of carbonyl (C=O) groups is 1. The van der Waals surface area contributed by atoms with Crippen LogP contribution in [0.2, 0.25) is 0 Å². The minimum atomic E-state index is -4.07. The Kier molecular flexibility index (Phi) is 6.34. The van der Waals surface area contributed by atoms with Crippen LogP contribution in [0, 0.1) is 6.92 Å². The van der Waals surface area contributed by atoms with E-state index in [4.69, 9.17) is 4.74 Å². The molecule has 1 N–H and O–H groups in total. The lowest BCUT2D eigenvalue weighted by Gasteiger charge is -2.14. The van der Waals surface area contributed by atoms with E-state index in [0.717, 1.165) is 16.7 Å². The summed E-state index contributed by atoms with van der Waals surface area (Å²) in [5, 5.41) is 1.79. The standard InChI is InChI=1S/C21H22N2O4S2/c1-14(2)17-10-9-15(3)11-18(17)27-12-19(24)23-29(25,26)20-13-28-21(22-20)16-7-5-4-6-8-16/h4-11,13-14H,12H2,1-3H3,(H,23,24). The molecular weight excluding hydrogens is 408 g/mol. The van der Waals surface area contributed by atoms with Gasteiger partial charge in [0.25, 0.3) is 15.9 Å². The van der Waals surface area contributed by atoms with Gasteiger partial charge in [-0.3, -0.25) is 4.79 Å². The second-order valence-electron chi connectivity index (χ2n) is 6.87. The molecule has 0 bridgehead atoms. The molecule has 1 aromatic heterocycles. The highest BCUT2D eigenvalue weighted by Gasteiger charge is 2.22. The van der Waals surface area contributed by atoms with Gasteiger partial charge in [-0.15, -0.1) is 11.3 Å². The van der Waals surface area contributed by atoms with Gasteiger partial charge in [0.05, 0.1) is 0 Å². The van der Waals surface area contributed by atoms with Crippen LogP contribution in [0.1, 0.15) is 30.9 Å². The molecule has 0 aliphatic rings. The fourth-order valence-electron chi connectivity index (χ4n) is 2.71. The van der Waals surface area contributed by atoms with Gasteiger partial charge >= 0.3 is 0 Å². The predicted molar refractivity (Wildman–Crippen MR) is 114 cm³/mol. The summed E-state index contributed by atoms with van der Waals surface area (Å²) in [7, 11) is -4.07. The fraction of sp³-hybridized carbons (Fsp3) is 0.238. The Labute approximate surface area is 174 Å². The Bertz CT molecular complexity index is 1110. The van der Waals surface area contributed by atoms with E-state index >= 15 is 0 Å². The molecular formula is C21H22N2O4S2. The number of sulfonamides is 1. The van der Waals surface area contributed by atoms with Gasteiger partial charge in [-0.2, -0.15) is 8.42 Å². The average molecular weight is 431 g/mol. The third kappa shape index (κ3) is 5.21. The molecule has 0 aliphatic heterocycles. The van der Waals surface area contributed by atoms with E-state index in [9.17, 15) is 13.2 Å². The van der Waals surface area contributed by atoms with Crippen molar-refractivity contribution in [3.63, 3.8) is 0 Å². The number of benzene rings is 2. The van der Waals surface area contributed by atoms with E-state index in [0.29, 0.717) is 10.8 Å². The highest BCUT2D eigenvalue weighted by Crippen LogP contribution is 2.28. The molecule has 0 saturated carbocycles. The van der Waals surface area contributed by atoms with Crippen molar-refractivity contribution >= 4 is 27.3 Å². The maximum atomic E-state index is 12.5. The van der Waals surface area contributed by atoms with Crippen molar-refractivity contribution in [3.8, 4) is 16.3 Å². The molecule has 0 saturated heterocycles. The van der Waals surface area contributed by atoms with Gasteiger partial charge < -0.3 is 4.74 Å². The highest BCUT2D eigenvalue weighted by atomic mass is 32.2. The molecule has 3 rings (SSSR count). The van der Waals surface area contributed by atoms with Gasteiger partial charge in [0, 0.05) is 10.9 Å². The smallest absolute Gasteiger partial charge is 0.282 e. The Hall–Kier alpha value is -2.71. The molecule has 0 unspecified atom stereocenters. The van der Waals surface area contributed by atoms with Crippen LogP contribution in [0.4, 0.5) is 0 Å². The van der Waals surface area contributed by atoms with Crippen LogP contribution in [0.5, 0.6) is 5.75 Å². The second-order valence-corrected chi connectivity index (χ2v) is 9.36. The number of amides is 1. The first-order chi connectivity index (χ1) is 13.8. The molecule has 0 radical (unpaired) electrons. The van der Waals surface area contributed by atoms with E-state index in [1.807, 2.05) is 74.0 Å². The summed E-state index contributed by atoms with van der Waals surface area (Å²) in [5.74, 6) is 0.0341. The maximum absolute atomic E-state index is 12.5. The first-order valence-electron chi connectivity index (χ1n) is 9.06. The number of carbonyl (C=O) groups excluding carboxylic acids is 1. The molecule has 2 aromatic carbocycles. The molecule has 0 fully saturated rings. The van der Waals surface area contributed by atoms with Crippen molar-refractivity contribution in [2.24, 2.45) is 0 Å². The van der Waals surface area contributed by atoms with E-state index in [1.54, 1.807) is 0 Å². The first-order valence-corrected chi connectivity index (χ1v) is 11.4. The Morgan fingerprint density at radius 1 is 1.17 bits per heavy atom. The summed E-state index contributed by atoms with van der Waals surface area (Å²) in [5.41, 5.74) is 2.76. The van der Waals surface area contributed by atoms with Crippen LogP contribution < -0.4 is 9.46 Å². The Balaban J connectivity index is 1.68. The number of ether oxygens (including phenoxy) is 1. The lowest BCUT2D eigenvalue weighted by molar-refractivity contribution is -0.121. The molecule has 1 amide bonds. The molecule has 0 aliphatic carbocycles. The zero-order chi connectivity index (χ0) is 21.0. The monoisotopic (exact) mass is 430 g/mol. The number of hydrogen-bond acceptors (Lipinski definition) is 6. The zero-order valence-corrected chi connectivity index (χ0v) is 18.0. The van der Waals surface area contributed by atoms with Gasteiger partial charge in [-0.05, 0) is 30.0 Å². The molecule has 0 spiro atoms. The lowest BCUT2D eigenvalue weighted by atomic mass is 10.0. The zero-order valence-electron chi connectivity index (χ0n) is 16.4. The number of hydrogen-bond donors (Lipinski definition) is 1. The van der Waals surface area contributed by atoms with Crippen molar-refractivity contribution in [1.29, 1.82) is 0 Å². The number of aryl methyl sites for hydroxylation is 1. The molecule has 3 aromatic rings. The van der Waals surface area contributed by atoms with Crippen LogP contribution in [0.25, 0.3) is 10.6 Å². The molecule has 0 atom stereocenters. The number of thiazole rings is 1. The number of nitrogens with zero attached hydrogens (tertiary/aromatic N) is 1. The highest BCUT2D eigenvalue weighted by molar-refractivity contribution is 7.90. The van der Waals surface area contributed by atoms with Gasteiger partial charge in [0.15, 0.2) is 11.6 Å². The number of aromatic nitrogens is 1. The SMILES string of the molecule is Cc1ccc(C(C)C)c(OCC(=O)NS(=O)(=O)c2csc(-c3ccccc3)n2)c1. The van der Waals surface area contributed by atoms with Crippen LogP contribution in [-0.2, 0) is 14.8 Å². The van der Waals surface area contributed by atoms with Crippen molar-refractivity contribution in [1.82, 2.24) is 9.71 Å². The van der Waals surface area contributed by atoms with E-state index in [2.05, 4.69) is 4.98 Å². The third-order valence-electron chi connectivity index (χ3n) is 4.18. The van der Waals surface area contributed by atoms with Gasteiger partial charge in [0.1, 0.15) is 10.8 Å². The van der Waals surface area contributed by atoms with E-state index in [-0.39, 0.29) is 10.9 Å². The normalized spacial score (nSPS) is 11.4. The Morgan fingerprint density at radius 3 is 2.59 bits per heavy atom. The molecule has 8 heteroatoms. The summed E-state index contributed by atoms with van der Waals surface area (Å²) in [6.07, 6.45) is 0. The van der Waals surface area contributed by atoms with Crippen LogP contribution in [0.3, 0.4) is 0 Å². The van der Waals surface area contributed by atoms with Crippen LogP contribution in [-0.4, -0.2) is 25.9 Å². The van der Waals surface area contributed by atoms with Crippen molar-refractivity contribution in [2.75, 3.05) is 6.61 Å². The van der Waals surface area contributed by atoms with E-state index < -0.39 is 22.5 Å². The van der Waals surface area contributed by atoms with Crippen molar-refractivity contribution in [2.45, 2.75) is 31.7 Å². The molecule has 1 heterocycles.